The van der Waals surface area contributed by atoms with Crippen LogP contribution in [0, 0.1) is 10.1 Å². The zero-order valence-electron chi connectivity index (χ0n) is 20.8. The summed E-state index contributed by atoms with van der Waals surface area (Å²) in [6.07, 6.45) is -0.148. The fraction of sp³-hybridized carbons (Fsp3) is 0.375. The molecule has 202 valence electrons. The van der Waals surface area contributed by atoms with E-state index in [0.717, 1.165) is 11.8 Å². The van der Waals surface area contributed by atoms with Gasteiger partial charge in [-0.25, -0.2) is 13.4 Å². The lowest BCUT2D eigenvalue weighted by atomic mass is 10.2. The maximum absolute atomic E-state index is 13.1. The predicted molar refractivity (Wildman–Crippen MR) is 143 cm³/mol. The van der Waals surface area contributed by atoms with Gasteiger partial charge in [-0.05, 0) is 44.2 Å². The average molecular weight is 562 g/mol. The second-order valence-electron chi connectivity index (χ2n) is 8.87. The van der Waals surface area contributed by atoms with Crippen LogP contribution in [0.4, 0.5) is 17.1 Å². The molecule has 2 fully saturated rings. The van der Waals surface area contributed by atoms with E-state index in [1.807, 2.05) is 13.8 Å². The molecule has 0 aliphatic carbocycles. The molecule has 2 aromatic rings. The van der Waals surface area contributed by atoms with Crippen LogP contribution < -0.4 is 5.32 Å². The molecule has 0 saturated carbocycles. The van der Waals surface area contributed by atoms with Crippen molar-refractivity contribution >= 4 is 55.8 Å². The molecule has 38 heavy (non-hydrogen) atoms. The van der Waals surface area contributed by atoms with Gasteiger partial charge in [-0.2, -0.15) is 4.31 Å². The van der Waals surface area contributed by atoms with Crippen LogP contribution in [-0.4, -0.2) is 77.1 Å². The maximum atomic E-state index is 13.1. The summed E-state index contributed by atoms with van der Waals surface area (Å²) in [6.45, 7) is 4.96. The standard InChI is InChI=1S/C24H27N5O7S2/c1-16(2)28-23(31)21(15-22(30)25-18-4-3-5-19(14-18)29(32)33)37-24(28)26-17-6-8-20(9-7-17)38(34,35)27-10-12-36-13-11-27/h3-9,14,16,21H,10-13,15H2,1-2H3,(H,25,30)/t21-/m1/s1. The van der Waals surface area contributed by atoms with Gasteiger partial charge in [-0.3, -0.25) is 24.6 Å². The van der Waals surface area contributed by atoms with E-state index >= 15 is 0 Å². The monoisotopic (exact) mass is 561 g/mol. The minimum Gasteiger partial charge on any atom is -0.379 e. The first-order valence-corrected chi connectivity index (χ1v) is 14.2. The highest BCUT2D eigenvalue weighted by Crippen LogP contribution is 2.33. The Bertz CT molecular complexity index is 1360. The molecule has 2 aliphatic heterocycles. The molecular weight excluding hydrogens is 534 g/mol. The third-order valence-electron chi connectivity index (χ3n) is 5.86. The summed E-state index contributed by atoms with van der Waals surface area (Å²) in [6, 6.07) is 11.5. The second kappa shape index (κ2) is 11.6. The van der Waals surface area contributed by atoms with E-state index in [0.29, 0.717) is 37.2 Å². The Kier molecular flexibility index (Phi) is 8.45. The van der Waals surface area contributed by atoms with Crippen LogP contribution in [0.1, 0.15) is 20.3 Å². The molecule has 4 rings (SSSR count). The van der Waals surface area contributed by atoms with Crippen molar-refractivity contribution in [3.8, 4) is 0 Å². The molecule has 0 unspecified atom stereocenters. The van der Waals surface area contributed by atoms with Crippen molar-refractivity contribution in [3.63, 3.8) is 0 Å². The maximum Gasteiger partial charge on any atom is 0.271 e. The molecule has 0 aromatic heterocycles. The van der Waals surface area contributed by atoms with Crippen molar-refractivity contribution in [2.24, 2.45) is 4.99 Å². The van der Waals surface area contributed by atoms with E-state index in [1.165, 1.54) is 45.6 Å². The summed E-state index contributed by atoms with van der Waals surface area (Å²) >= 11 is 1.15. The highest BCUT2D eigenvalue weighted by molar-refractivity contribution is 8.15. The molecule has 0 spiro atoms. The number of hydrogen-bond acceptors (Lipinski definition) is 9. The molecule has 0 bridgehead atoms. The first-order valence-electron chi connectivity index (χ1n) is 11.9. The van der Waals surface area contributed by atoms with Crippen molar-refractivity contribution < 1.29 is 27.7 Å². The molecule has 12 nitrogen and oxygen atoms in total. The topological polar surface area (TPSA) is 152 Å². The number of benzene rings is 2. The smallest absolute Gasteiger partial charge is 0.271 e. The number of thioether (sulfide) groups is 1. The fourth-order valence-electron chi connectivity index (χ4n) is 3.99. The van der Waals surface area contributed by atoms with E-state index < -0.39 is 26.1 Å². The van der Waals surface area contributed by atoms with Gasteiger partial charge >= 0.3 is 0 Å². The Labute approximate surface area is 224 Å². The minimum absolute atomic E-state index is 0.148. The number of amides is 2. The number of sulfonamides is 1. The second-order valence-corrected chi connectivity index (χ2v) is 12.0. The number of ether oxygens (including phenoxy) is 1. The number of amidine groups is 1. The van der Waals surface area contributed by atoms with Gasteiger partial charge in [0, 0.05) is 43.4 Å². The van der Waals surface area contributed by atoms with E-state index in [2.05, 4.69) is 10.3 Å². The third-order valence-corrected chi connectivity index (χ3v) is 8.93. The largest absolute Gasteiger partial charge is 0.379 e. The predicted octanol–water partition coefficient (Wildman–Crippen LogP) is 2.98. The van der Waals surface area contributed by atoms with Gasteiger partial charge in [0.25, 0.3) is 5.69 Å². The molecule has 14 heteroatoms. The zero-order valence-corrected chi connectivity index (χ0v) is 22.4. The number of carbonyl (C=O) groups is 2. The number of morpholine rings is 1. The number of rotatable bonds is 8. The number of aliphatic imine (C=N–C) groups is 1. The third kappa shape index (κ3) is 6.20. The molecular formula is C24H27N5O7S2. The van der Waals surface area contributed by atoms with E-state index in [9.17, 15) is 28.1 Å². The lowest BCUT2D eigenvalue weighted by molar-refractivity contribution is -0.384. The van der Waals surface area contributed by atoms with Gasteiger partial charge < -0.3 is 10.1 Å². The van der Waals surface area contributed by atoms with Crippen molar-refractivity contribution in [2.45, 2.75) is 36.5 Å². The molecule has 1 atom stereocenters. The summed E-state index contributed by atoms with van der Waals surface area (Å²) in [5.74, 6) is -0.733. The van der Waals surface area contributed by atoms with Gasteiger partial charge in [0.2, 0.25) is 21.8 Å². The van der Waals surface area contributed by atoms with Gasteiger partial charge in [0.15, 0.2) is 5.17 Å². The quantitative estimate of drug-likeness (QED) is 0.382. The van der Waals surface area contributed by atoms with Crippen LogP contribution in [0.3, 0.4) is 0 Å². The zero-order chi connectivity index (χ0) is 27.4. The highest BCUT2D eigenvalue weighted by atomic mass is 32.2. The number of anilines is 1. The van der Waals surface area contributed by atoms with E-state index in [1.54, 1.807) is 12.1 Å². The van der Waals surface area contributed by atoms with Crippen LogP contribution in [0.2, 0.25) is 0 Å². The molecule has 2 aromatic carbocycles. The van der Waals surface area contributed by atoms with Crippen LogP contribution in [0.25, 0.3) is 0 Å². The van der Waals surface area contributed by atoms with Crippen LogP contribution in [0.15, 0.2) is 58.4 Å². The fourth-order valence-corrected chi connectivity index (χ4v) is 6.67. The van der Waals surface area contributed by atoms with Crippen LogP contribution in [0.5, 0.6) is 0 Å². The number of nitrogens with zero attached hydrogens (tertiary/aromatic N) is 4. The number of carbonyl (C=O) groups excluding carboxylic acids is 2. The lowest BCUT2D eigenvalue weighted by Crippen LogP contribution is -2.40. The van der Waals surface area contributed by atoms with Crippen LogP contribution in [-0.2, 0) is 24.3 Å². The number of non-ortho nitro benzene ring substituents is 1. The normalized spacial score (nSPS) is 19.8. The van der Waals surface area contributed by atoms with Crippen molar-refractivity contribution in [2.75, 3.05) is 31.6 Å². The van der Waals surface area contributed by atoms with Crippen molar-refractivity contribution in [1.29, 1.82) is 0 Å². The molecule has 1 N–H and O–H groups in total. The molecule has 2 aliphatic rings. The number of hydrogen-bond donors (Lipinski definition) is 1. The van der Waals surface area contributed by atoms with Gasteiger partial charge in [-0.1, -0.05) is 17.8 Å². The average Bonchev–Trinajstić information content (AvgIpc) is 3.19. The Morgan fingerprint density at radius 3 is 2.53 bits per heavy atom. The van der Waals surface area contributed by atoms with Crippen LogP contribution >= 0.6 is 11.8 Å². The van der Waals surface area contributed by atoms with Gasteiger partial charge in [0.1, 0.15) is 5.25 Å². The first kappa shape index (κ1) is 27.7. The Hall–Kier alpha value is -3.33. The van der Waals surface area contributed by atoms with Crippen molar-refractivity contribution in [3.05, 3.63) is 58.6 Å². The Balaban J connectivity index is 1.47. The Morgan fingerprint density at radius 2 is 1.89 bits per heavy atom. The number of nitro benzene ring substituents is 1. The first-order chi connectivity index (χ1) is 18.1. The van der Waals surface area contributed by atoms with Gasteiger partial charge in [0.05, 0.1) is 28.7 Å². The summed E-state index contributed by atoms with van der Waals surface area (Å²) in [5.41, 5.74) is 0.577. The lowest BCUT2D eigenvalue weighted by Gasteiger charge is -2.26. The highest BCUT2D eigenvalue weighted by Gasteiger charge is 2.40. The van der Waals surface area contributed by atoms with E-state index in [-0.39, 0.29) is 34.6 Å². The van der Waals surface area contributed by atoms with Crippen molar-refractivity contribution in [1.82, 2.24) is 9.21 Å². The number of nitrogens with one attached hydrogen (secondary N) is 1. The molecule has 2 amide bonds. The SMILES string of the molecule is CC(C)N1C(=O)[C@@H](CC(=O)Nc2cccc([N+](=O)[O-])c2)SC1=Nc1ccc(S(=O)(=O)N2CCOCC2)cc1. The summed E-state index contributed by atoms with van der Waals surface area (Å²) in [5, 5.41) is 13.3. The molecule has 2 saturated heterocycles. The van der Waals surface area contributed by atoms with Gasteiger partial charge in [-0.15, -0.1) is 0 Å². The minimum atomic E-state index is -3.64. The Morgan fingerprint density at radius 1 is 1.21 bits per heavy atom. The summed E-state index contributed by atoms with van der Waals surface area (Å²) in [4.78, 5) is 42.4. The molecule has 0 radical (unpaired) electrons. The van der Waals surface area contributed by atoms with E-state index in [4.69, 9.17) is 4.74 Å². The molecule has 2 heterocycles. The summed E-state index contributed by atoms with van der Waals surface area (Å²) < 4.78 is 32.3. The number of nitro groups is 1. The summed E-state index contributed by atoms with van der Waals surface area (Å²) in [7, 11) is -3.64.